The quantitative estimate of drug-likeness (QED) is 0.534. The fourth-order valence-electron chi connectivity index (χ4n) is 2.21. The molecule has 2 N–H and O–H groups in total. The Bertz CT molecular complexity index is 863. The molecule has 0 radical (unpaired) electrons. The molecule has 0 bridgehead atoms. The number of ether oxygens (including phenoxy) is 2. The van der Waals surface area contributed by atoms with Crippen LogP contribution in [0.25, 0.3) is 0 Å². The fourth-order valence-corrected chi connectivity index (χ4v) is 2.21. The largest absolute Gasteiger partial charge is 0.481 e. The summed E-state index contributed by atoms with van der Waals surface area (Å²) in [5.74, 6) is -1.21. The zero-order valence-electron chi connectivity index (χ0n) is 15.4. The lowest BCUT2D eigenvalue weighted by molar-refractivity contribution is -0.155. The SMILES string of the molecule is CC(=O)Nc1ccc(NC(=O)[C@H](C)OC(=O)COc2ccccc2C=O)cc1. The van der Waals surface area contributed by atoms with Gasteiger partial charge in [-0.25, -0.2) is 4.79 Å². The summed E-state index contributed by atoms with van der Waals surface area (Å²) in [5, 5.41) is 5.22. The Morgan fingerprint density at radius 3 is 2.21 bits per heavy atom. The number of nitrogens with one attached hydrogen (secondary N) is 2. The smallest absolute Gasteiger partial charge is 0.344 e. The van der Waals surface area contributed by atoms with E-state index in [1.807, 2.05) is 0 Å². The first-order chi connectivity index (χ1) is 13.4. The maximum Gasteiger partial charge on any atom is 0.344 e. The first-order valence-corrected chi connectivity index (χ1v) is 8.44. The maximum atomic E-state index is 12.1. The third-order valence-electron chi connectivity index (χ3n) is 3.54. The minimum Gasteiger partial charge on any atom is -0.481 e. The molecule has 146 valence electrons. The second kappa shape index (κ2) is 9.86. The molecule has 8 nitrogen and oxygen atoms in total. The minimum absolute atomic E-state index is 0.199. The molecule has 0 unspecified atom stereocenters. The number of rotatable bonds is 8. The number of hydrogen-bond donors (Lipinski definition) is 2. The summed E-state index contributed by atoms with van der Waals surface area (Å²) in [5.41, 5.74) is 1.39. The van der Waals surface area contributed by atoms with Crippen LogP contribution in [0, 0.1) is 0 Å². The van der Waals surface area contributed by atoms with Crippen molar-refractivity contribution in [1.29, 1.82) is 0 Å². The van der Waals surface area contributed by atoms with E-state index in [0.717, 1.165) is 0 Å². The molecule has 2 amide bonds. The zero-order chi connectivity index (χ0) is 20.5. The Hall–Kier alpha value is -3.68. The number of carbonyl (C=O) groups excluding carboxylic acids is 4. The monoisotopic (exact) mass is 384 g/mol. The molecule has 0 saturated heterocycles. The van der Waals surface area contributed by atoms with E-state index < -0.39 is 24.6 Å². The van der Waals surface area contributed by atoms with Gasteiger partial charge in [0.25, 0.3) is 5.91 Å². The van der Waals surface area contributed by atoms with E-state index in [2.05, 4.69) is 10.6 Å². The van der Waals surface area contributed by atoms with Crippen molar-refractivity contribution in [1.82, 2.24) is 0 Å². The molecule has 0 aromatic heterocycles. The molecule has 2 rings (SSSR count). The molecular formula is C20H20N2O6. The van der Waals surface area contributed by atoms with E-state index in [9.17, 15) is 19.2 Å². The minimum atomic E-state index is -1.05. The van der Waals surface area contributed by atoms with Gasteiger partial charge >= 0.3 is 5.97 Å². The van der Waals surface area contributed by atoms with E-state index in [1.54, 1.807) is 48.5 Å². The highest BCUT2D eigenvalue weighted by Gasteiger charge is 2.18. The van der Waals surface area contributed by atoms with Gasteiger partial charge in [-0.3, -0.25) is 14.4 Å². The number of para-hydroxylation sites is 1. The second-order valence-electron chi connectivity index (χ2n) is 5.82. The Morgan fingerprint density at radius 1 is 1.00 bits per heavy atom. The van der Waals surface area contributed by atoms with E-state index in [-0.39, 0.29) is 11.7 Å². The van der Waals surface area contributed by atoms with Crippen molar-refractivity contribution in [2.45, 2.75) is 20.0 Å². The second-order valence-corrected chi connectivity index (χ2v) is 5.82. The summed E-state index contributed by atoms with van der Waals surface area (Å²) in [6.07, 6.45) is -0.430. The lowest BCUT2D eigenvalue weighted by atomic mass is 10.2. The summed E-state index contributed by atoms with van der Waals surface area (Å²) in [6.45, 7) is 2.39. The topological polar surface area (TPSA) is 111 Å². The number of benzene rings is 2. The van der Waals surface area contributed by atoms with Crippen LogP contribution in [-0.4, -0.2) is 36.8 Å². The van der Waals surface area contributed by atoms with Gasteiger partial charge in [-0.05, 0) is 43.3 Å². The summed E-state index contributed by atoms with van der Waals surface area (Å²) in [4.78, 5) is 45.9. The summed E-state index contributed by atoms with van der Waals surface area (Å²) in [7, 11) is 0. The number of amides is 2. The number of hydrogen-bond acceptors (Lipinski definition) is 6. The Balaban J connectivity index is 1.83. The average Bonchev–Trinajstić information content (AvgIpc) is 2.67. The van der Waals surface area contributed by atoms with E-state index in [0.29, 0.717) is 23.2 Å². The van der Waals surface area contributed by atoms with Gasteiger partial charge < -0.3 is 20.1 Å². The van der Waals surface area contributed by atoms with Crippen molar-refractivity contribution in [3.63, 3.8) is 0 Å². The molecular weight excluding hydrogens is 364 g/mol. The van der Waals surface area contributed by atoms with Crippen molar-refractivity contribution in [2.24, 2.45) is 0 Å². The normalized spacial score (nSPS) is 11.1. The maximum absolute atomic E-state index is 12.1. The molecule has 0 fully saturated rings. The first-order valence-electron chi connectivity index (χ1n) is 8.44. The van der Waals surface area contributed by atoms with Crippen molar-refractivity contribution < 1.29 is 28.7 Å². The third kappa shape index (κ3) is 6.24. The molecule has 0 saturated carbocycles. The Kier molecular flexibility index (Phi) is 7.27. The third-order valence-corrected chi connectivity index (χ3v) is 3.54. The van der Waals surface area contributed by atoms with Crippen molar-refractivity contribution in [2.75, 3.05) is 17.2 Å². The van der Waals surface area contributed by atoms with Gasteiger partial charge in [-0.2, -0.15) is 0 Å². The Labute approximate surface area is 161 Å². The van der Waals surface area contributed by atoms with Crippen LogP contribution in [-0.2, 0) is 19.1 Å². The summed E-state index contributed by atoms with van der Waals surface area (Å²) in [6, 6.07) is 12.9. The highest BCUT2D eigenvalue weighted by molar-refractivity contribution is 5.95. The molecule has 0 spiro atoms. The molecule has 1 atom stereocenters. The van der Waals surface area contributed by atoms with Gasteiger partial charge in [-0.1, -0.05) is 12.1 Å². The van der Waals surface area contributed by atoms with Crippen molar-refractivity contribution >= 4 is 35.4 Å². The van der Waals surface area contributed by atoms with Crippen LogP contribution >= 0.6 is 0 Å². The van der Waals surface area contributed by atoms with Gasteiger partial charge in [0.2, 0.25) is 5.91 Å². The molecule has 0 aliphatic rings. The molecule has 2 aromatic carbocycles. The number of esters is 1. The molecule has 2 aromatic rings. The van der Waals surface area contributed by atoms with Crippen LogP contribution in [0.4, 0.5) is 11.4 Å². The van der Waals surface area contributed by atoms with E-state index >= 15 is 0 Å². The van der Waals surface area contributed by atoms with Crippen LogP contribution in [0.15, 0.2) is 48.5 Å². The summed E-state index contributed by atoms with van der Waals surface area (Å²) >= 11 is 0. The van der Waals surface area contributed by atoms with Crippen LogP contribution in [0.2, 0.25) is 0 Å². The van der Waals surface area contributed by atoms with Gasteiger partial charge in [0, 0.05) is 18.3 Å². The highest BCUT2D eigenvalue weighted by atomic mass is 16.6. The Morgan fingerprint density at radius 2 is 1.61 bits per heavy atom. The fraction of sp³-hybridized carbons (Fsp3) is 0.200. The number of aldehydes is 1. The van der Waals surface area contributed by atoms with Crippen LogP contribution < -0.4 is 15.4 Å². The predicted octanol–water partition coefficient (Wildman–Crippen LogP) is 2.41. The number of anilines is 2. The lowest BCUT2D eigenvalue weighted by Crippen LogP contribution is -2.31. The highest BCUT2D eigenvalue weighted by Crippen LogP contribution is 2.16. The first kappa shape index (κ1) is 20.6. The molecule has 0 aliphatic heterocycles. The lowest BCUT2D eigenvalue weighted by Gasteiger charge is -2.14. The molecule has 8 heteroatoms. The van der Waals surface area contributed by atoms with E-state index in [4.69, 9.17) is 9.47 Å². The molecule has 0 aliphatic carbocycles. The van der Waals surface area contributed by atoms with Gasteiger partial charge in [-0.15, -0.1) is 0 Å². The molecule has 0 heterocycles. The van der Waals surface area contributed by atoms with Crippen LogP contribution in [0.3, 0.4) is 0 Å². The number of carbonyl (C=O) groups is 4. The van der Waals surface area contributed by atoms with Gasteiger partial charge in [0.05, 0.1) is 5.56 Å². The summed E-state index contributed by atoms with van der Waals surface area (Å²) < 4.78 is 10.3. The van der Waals surface area contributed by atoms with Crippen molar-refractivity contribution in [3.8, 4) is 5.75 Å². The van der Waals surface area contributed by atoms with Gasteiger partial charge in [0.15, 0.2) is 19.0 Å². The zero-order valence-corrected chi connectivity index (χ0v) is 15.4. The standard InChI is InChI=1S/C20H20N2O6/c1-13(20(26)22-17-9-7-16(8-10-17)21-14(2)24)28-19(25)12-27-18-6-4-3-5-15(18)11-23/h3-11,13H,12H2,1-2H3,(H,21,24)(H,22,26)/t13-/m0/s1. The van der Waals surface area contributed by atoms with E-state index in [1.165, 1.54) is 13.8 Å². The van der Waals surface area contributed by atoms with Crippen molar-refractivity contribution in [3.05, 3.63) is 54.1 Å². The van der Waals surface area contributed by atoms with Crippen LogP contribution in [0.5, 0.6) is 5.75 Å². The van der Waals surface area contributed by atoms with Crippen LogP contribution in [0.1, 0.15) is 24.2 Å². The molecule has 28 heavy (non-hydrogen) atoms. The predicted molar refractivity (Wildman–Crippen MR) is 102 cm³/mol. The van der Waals surface area contributed by atoms with Gasteiger partial charge in [0.1, 0.15) is 5.75 Å². The average molecular weight is 384 g/mol.